The van der Waals surface area contributed by atoms with Crippen LogP contribution in [0.15, 0.2) is 0 Å². The van der Waals surface area contributed by atoms with Gasteiger partial charge in [-0.25, -0.2) is 14.4 Å². The molecule has 0 spiro atoms. The summed E-state index contributed by atoms with van der Waals surface area (Å²) >= 11 is 0. The molecule has 6 unspecified atom stereocenters. The molecular formula is C36H63NO22. The fourth-order valence-corrected chi connectivity index (χ4v) is 7.42. The second kappa shape index (κ2) is 21.7. The highest BCUT2D eigenvalue weighted by molar-refractivity contribution is 5.77. The Morgan fingerprint density at radius 1 is 0.576 bits per heavy atom. The molecule has 3 rings (SSSR count). The minimum absolute atomic E-state index is 0.0862. The monoisotopic (exact) mass is 861 g/mol. The van der Waals surface area contributed by atoms with Gasteiger partial charge in [-0.05, 0) is 19.4 Å². The lowest BCUT2D eigenvalue weighted by atomic mass is 9.84. The molecule has 0 bridgehead atoms. The largest absolute Gasteiger partial charge is 0.477 e. The Morgan fingerprint density at radius 2 is 0.898 bits per heavy atom. The number of unbranched alkanes of at least 4 members (excludes halogenated alkanes) is 3. The number of carboxylic acids is 3. The molecule has 3 aliphatic heterocycles. The molecule has 0 saturated carbocycles. The number of hydrogen-bond acceptors (Lipinski definition) is 20. The van der Waals surface area contributed by atoms with Gasteiger partial charge in [0.05, 0.1) is 63.1 Å². The van der Waals surface area contributed by atoms with E-state index in [1.54, 1.807) is 0 Å². The molecule has 15 N–H and O–H groups in total. The Morgan fingerprint density at radius 3 is 1.22 bits per heavy atom. The first kappa shape index (κ1) is 51.1. The molecule has 18 atom stereocenters. The Balaban J connectivity index is 1.75. The van der Waals surface area contributed by atoms with E-state index >= 15 is 0 Å². The first-order chi connectivity index (χ1) is 27.5. The van der Waals surface area contributed by atoms with E-state index in [4.69, 9.17) is 34.2 Å². The molecule has 0 aliphatic carbocycles. The molecule has 3 saturated heterocycles. The minimum atomic E-state index is -2.86. The fourth-order valence-electron chi connectivity index (χ4n) is 7.42. The maximum atomic E-state index is 12.7. The number of carbonyl (C=O) groups is 3. The number of aliphatic hydroxyl groups is 10. The van der Waals surface area contributed by atoms with Crippen LogP contribution in [0.25, 0.3) is 0 Å². The van der Waals surface area contributed by atoms with E-state index in [-0.39, 0.29) is 6.61 Å². The van der Waals surface area contributed by atoms with Gasteiger partial charge in [-0.2, -0.15) is 0 Å². The number of aliphatic carboxylic acids is 3. The molecule has 0 radical (unpaired) electrons. The van der Waals surface area contributed by atoms with E-state index in [0.29, 0.717) is 19.4 Å². The van der Waals surface area contributed by atoms with E-state index in [1.165, 1.54) is 20.8 Å². The quantitative estimate of drug-likeness (QED) is 0.0430. The maximum Gasteiger partial charge on any atom is 0.364 e. The molecule has 0 aromatic carbocycles. The van der Waals surface area contributed by atoms with Crippen LogP contribution < -0.4 is 5.73 Å². The Bertz CT molecular complexity index is 1360. The van der Waals surface area contributed by atoms with Crippen molar-refractivity contribution in [3.63, 3.8) is 0 Å². The Kier molecular flexibility index (Phi) is 18.8. The van der Waals surface area contributed by atoms with Crippen molar-refractivity contribution in [2.75, 3.05) is 33.0 Å². The molecule has 3 fully saturated rings. The average molecular weight is 862 g/mol. The topological polar surface area (TPSA) is 396 Å². The van der Waals surface area contributed by atoms with E-state index in [0.717, 1.165) is 12.8 Å². The average Bonchev–Trinajstić information content (AvgIpc) is 3.19. The summed E-state index contributed by atoms with van der Waals surface area (Å²) in [4.78, 5) is 37.4. The zero-order valence-electron chi connectivity index (χ0n) is 33.2. The van der Waals surface area contributed by atoms with Crippen LogP contribution in [0.2, 0.25) is 0 Å². The molecule has 23 heteroatoms. The summed E-state index contributed by atoms with van der Waals surface area (Å²) in [6.45, 7) is 1.41. The van der Waals surface area contributed by atoms with E-state index < -0.39 is 165 Å². The van der Waals surface area contributed by atoms with E-state index in [9.17, 15) is 80.8 Å². The van der Waals surface area contributed by atoms with Crippen molar-refractivity contribution >= 4 is 17.9 Å². The van der Waals surface area contributed by atoms with Crippen molar-refractivity contribution in [1.82, 2.24) is 0 Å². The summed E-state index contributed by atoms with van der Waals surface area (Å²) in [5.41, 5.74) is 5.49. The Labute approximate surface area is 339 Å². The van der Waals surface area contributed by atoms with Crippen LogP contribution in [-0.4, -0.2) is 208 Å². The number of ether oxygens (including phenoxy) is 6. The summed E-state index contributed by atoms with van der Waals surface area (Å²) in [7, 11) is 0. The first-order valence-corrected chi connectivity index (χ1v) is 19.6. The van der Waals surface area contributed by atoms with Crippen molar-refractivity contribution in [3.8, 4) is 0 Å². The van der Waals surface area contributed by atoms with Gasteiger partial charge < -0.3 is 101 Å². The molecule has 23 nitrogen and oxygen atoms in total. The zero-order chi connectivity index (χ0) is 44.6. The molecular weight excluding hydrogens is 798 g/mol. The number of hydrogen-bond donors (Lipinski definition) is 14. The SMILES string of the molecule is C[C@@H]1C(O)CC(OC[C@@H](O)[C@@H](O)[C@@H]2OC(OC[C@@H](O)[C@@H](O)[C@@H]3OC(OCCCCCCN)(C(=O)O)CC(O)[C@H]3C)(C(=O)O)CC(O)[C@H]2C)(C(=O)O)O[C@H]1[C@H](O)[C@H](O)CO. The fraction of sp³-hybridized carbons (Fsp3) is 0.917. The van der Waals surface area contributed by atoms with Gasteiger partial charge in [-0.3, -0.25) is 0 Å². The van der Waals surface area contributed by atoms with Crippen LogP contribution in [0.3, 0.4) is 0 Å². The van der Waals surface area contributed by atoms with Gasteiger partial charge in [0.15, 0.2) is 0 Å². The third-order valence-corrected chi connectivity index (χ3v) is 11.6. The highest BCUT2D eigenvalue weighted by atomic mass is 16.7. The number of rotatable bonds is 23. The van der Waals surface area contributed by atoms with Crippen molar-refractivity contribution in [2.24, 2.45) is 23.5 Å². The van der Waals surface area contributed by atoms with Gasteiger partial charge >= 0.3 is 17.9 Å². The van der Waals surface area contributed by atoms with Gasteiger partial charge in [0.25, 0.3) is 17.4 Å². The molecule has 0 amide bonds. The van der Waals surface area contributed by atoms with E-state index in [2.05, 4.69) is 0 Å². The Hall–Kier alpha value is -2.27. The standard InChI is InChI=1S/C36H63NO22/c1-16-20(40)11-35(32(50)51,58-28(16)25(45)22(42)13-38)55-15-24(44)27(47)30-18(3)21(41)12-36(59-30,33(52)53)56-14-23(43)26(46)29-17(2)19(39)10-34(57-29,31(48)49)54-9-7-5-4-6-8-37/h16-30,38-47H,4-15,37H2,1-3H3,(H,48,49)(H,50,51)(H,52,53)/t16-,17-,18-,19?,20?,21?,22-,23-,24-,25-,26-,27-,28-,29-,30-,34?,35?,36?/m1/s1. The van der Waals surface area contributed by atoms with Gasteiger partial charge in [0.2, 0.25) is 0 Å². The highest BCUT2D eigenvalue weighted by Gasteiger charge is 2.58. The summed E-state index contributed by atoms with van der Waals surface area (Å²) < 4.78 is 33.3. The number of nitrogens with two attached hydrogens (primary N) is 1. The molecule has 0 aromatic heterocycles. The van der Waals surface area contributed by atoms with E-state index in [1.807, 2.05) is 0 Å². The summed E-state index contributed by atoms with van der Waals surface area (Å²) in [5.74, 6) is -16.5. The maximum absolute atomic E-state index is 12.7. The lowest BCUT2D eigenvalue weighted by molar-refractivity contribution is -0.337. The first-order valence-electron chi connectivity index (χ1n) is 19.6. The van der Waals surface area contributed by atoms with Gasteiger partial charge in [-0.15, -0.1) is 0 Å². The second-order valence-electron chi connectivity index (χ2n) is 15.8. The van der Waals surface area contributed by atoms with Crippen LogP contribution in [0, 0.1) is 17.8 Å². The molecule has 3 heterocycles. The molecule has 3 aliphatic rings. The van der Waals surface area contributed by atoms with Crippen LogP contribution in [0.1, 0.15) is 65.7 Å². The lowest BCUT2D eigenvalue weighted by Crippen LogP contribution is -2.63. The molecule has 0 aromatic rings. The van der Waals surface area contributed by atoms with Crippen molar-refractivity contribution in [2.45, 2.75) is 156 Å². The predicted molar refractivity (Wildman–Crippen MR) is 194 cm³/mol. The summed E-state index contributed by atoms with van der Waals surface area (Å²) in [6, 6.07) is 0. The molecule has 344 valence electrons. The smallest absolute Gasteiger partial charge is 0.364 e. The van der Waals surface area contributed by atoms with Crippen molar-refractivity contribution in [3.05, 3.63) is 0 Å². The van der Waals surface area contributed by atoms with Crippen LogP contribution >= 0.6 is 0 Å². The predicted octanol–water partition coefficient (Wildman–Crippen LogP) is -4.59. The van der Waals surface area contributed by atoms with Gasteiger partial charge in [0, 0.05) is 37.0 Å². The summed E-state index contributed by atoms with van der Waals surface area (Å²) in [6.07, 6.45) is -21.1. The number of carboxylic acid groups (broad SMARTS) is 3. The van der Waals surface area contributed by atoms with Crippen LogP contribution in [-0.2, 0) is 42.8 Å². The van der Waals surface area contributed by atoms with Crippen LogP contribution in [0.4, 0.5) is 0 Å². The lowest BCUT2D eigenvalue weighted by Gasteiger charge is -2.47. The highest BCUT2D eigenvalue weighted by Crippen LogP contribution is 2.40. The normalized spacial score (nSPS) is 38.4. The third kappa shape index (κ3) is 11.8. The van der Waals surface area contributed by atoms with Gasteiger partial charge in [-0.1, -0.05) is 33.6 Å². The van der Waals surface area contributed by atoms with Crippen molar-refractivity contribution < 1.29 is 109 Å². The second-order valence-corrected chi connectivity index (χ2v) is 15.8. The molecule has 59 heavy (non-hydrogen) atoms. The summed E-state index contributed by atoms with van der Waals surface area (Å²) in [5, 5.41) is 137. The van der Waals surface area contributed by atoms with Crippen LogP contribution in [0.5, 0.6) is 0 Å². The minimum Gasteiger partial charge on any atom is -0.477 e. The van der Waals surface area contributed by atoms with Crippen molar-refractivity contribution in [1.29, 1.82) is 0 Å². The third-order valence-electron chi connectivity index (χ3n) is 11.6. The zero-order valence-corrected chi connectivity index (χ0v) is 33.2. The van der Waals surface area contributed by atoms with Gasteiger partial charge in [0.1, 0.15) is 36.6 Å². The number of aliphatic hydroxyl groups excluding tert-OH is 10.